The van der Waals surface area contributed by atoms with E-state index in [9.17, 15) is 14.4 Å². The maximum Gasteiger partial charge on any atom is 0.287 e. The summed E-state index contributed by atoms with van der Waals surface area (Å²) in [4.78, 5) is 41.4. The van der Waals surface area contributed by atoms with Gasteiger partial charge in [-0.3, -0.25) is 19.3 Å². The van der Waals surface area contributed by atoms with Crippen molar-refractivity contribution >= 4 is 23.4 Å². The molecule has 0 saturated heterocycles. The molecule has 0 unspecified atom stereocenters. The summed E-state index contributed by atoms with van der Waals surface area (Å²) in [5.74, 6) is -0.603. The van der Waals surface area contributed by atoms with E-state index in [1.54, 1.807) is 18.2 Å². The van der Waals surface area contributed by atoms with Gasteiger partial charge >= 0.3 is 0 Å². The first-order chi connectivity index (χ1) is 18.1. The van der Waals surface area contributed by atoms with Gasteiger partial charge in [-0.2, -0.15) is 0 Å². The Hall–Kier alpha value is -4.59. The van der Waals surface area contributed by atoms with Crippen LogP contribution in [-0.4, -0.2) is 24.3 Å². The second kappa shape index (κ2) is 11.0. The van der Waals surface area contributed by atoms with E-state index in [0.29, 0.717) is 17.0 Å². The number of nitrogens with zero attached hydrogens (tertiary/aromatic N) is 1. The maximum absolute atomic E-state index is 13.8. The lowest BCUT2D eigenvalue weighted by atomic mass is 10.0. The quantitative estimate of drug-likeness (QED) is 0.361. The molecule has 188 valence electrons. The van der Waals surface area contributed by atoms with Gasteiger partial charge in [0.25, 0.3) is 5.91 Å². The number of furan rings is 2. The van der Waals surface area contributed by atoms with Crippen LogP contribution >= 0.6 is 0 Å². The molecule has 0 spiro atoms. The molecule has 2 heterocycles. The van der Waals surface area contributed by atoms with Crippen LogP contribution in [0.4, 0.5) is 5.69 Å². The fourth-order valence-corrected chi connectivity index (χ4v) is 4.62. The van der Waals surface area contributed by atoms with Crippen molar-refractivity contribution in [2.24, 2.45) is 0 Å². The summed E-state index contributed by atoms with van der Waals surface area (Å²) in [5.41, 5.74) is 3.66. The number of carbonyl (C=O) groups excluding carboxylic acids is 3. The van der Waals surface area contributed by atoms with Gasteiger partial charge in [-0.1, -0.05) is 36.4 Å². The molecular weight excluding hydrogens is 470 g/mol. The van der Waals surface area contributed by atoms with E-state index in [1.165, 1.54) is 29.1 Å². The highest BCUT2D eigenvalue weighted by Gasteiger charge is 2.33. The van der Waals surface area contributed by atoms with E-state index in [1.807, 2.05) is 48.5 Å². The molecule has 8 nitrogen and oxygen atoms in total. The van der Waals surface area contributed by atoms with Crippen molar-refractivity contribution in [1.82, 2.24) is 10.6 Å². The van der Waals surface area contributed by atoms with Gasteiger partial charge in [0.1, 0.15) is 11.8 Å². The molecule has 2 N–H and O–H groups in total. The minimum atomic E-state index is -0.969. The molecule has 4 aromatic rings. The van der Waals surface area contributed by atoms with Crippen molar-refractivity contribution in [2.75, 3.05) is 11.4 Å². The number of rotatable bonds is 9. The van der Waals surface area contributed by atoms with Crippen LogP contribution in [0.3, 0.4) is 0 Å². The molecule has 1 atom stereocenters. The number of fused-ring (bicyclic) bond motifs is 1. The summed E-state index contributed by atoms with van der Waals surface area (Å²) in [6.45, 7) is -0.137. The Morgan fingerprint density at radius 2 is 1.62 bits per heavy atom. The third-order valence-electron chi connectivity index (χ3n) is 6.41. The van der Waals surface area contributed by atoms with Gasteiger partial charge in [-0.15, -0.1) is 0 Å². The molecule has 5 rings (SSSR count). The second-order valence-electron chi connectivity index (χ2n) is 8.84. The minimum absolute atomic E-state index is 0.104. The fourth-order valence-electron chi connectivity index (χ4n) is 4.62. The van der Waals surface area contributed by atoms with Crippen LogP contribution in [-0.2, 0) is 29.0 Å². The van der Waals surface area contributed by atoms with Gasteiger partial charge in [0, 0.05) is 5.69 Å². The predicted octanol–water partition coefficient (Wildman–Crippen LogP) is 4.18. The smallest absolute Gasteiger partial charge is 0.287 e. The molecule has 8 heteroatoms. The van der Waals surface area contributed by atoms with E-state index in [2.05, 4.69) is 10.6 Å². The lowest BCUT2D eigenvalue weighted by molar-refractivity contribution is -0.126. The second-order valence-corrected chi connectivity index (χ2v) is 8.84. The standard InChI is InChI=1S/C29H27N3O5/c33-26(19-31-28(34)25-12-6-16-37-25)32(23-14-13-20-9-4-10-22(20)17-23)27(21-7-2-1-3-8-21)29(35)30-18-24-11-5-15-36-24/h1-3,5-8,11-17,27H,4,9-10,18-19H2,(H,30,35)(H,31,34)/t27-/m1/s1. The first-order valence-corrected chi connectivity index (χ1v) is 12.2. The first kappa shape index (κ1) is 24.1. The lowest BCUT2D eigenvalue weighted by Crippen LogP contribution is -2.47. The zero-order chi connectivity index (χ0) is 25.6. The number of aryl methyl sites for hydroxylation is 2. The van der Waals surface area contributed by atoms with Crippen molar-refractivity contribution < 1.29 is 23.2 Å². The predicted molar refractivity (Wildman–Crippen MR) is 137 cm³/mol. The summed E-state index contributed by atoms with van der Waals surface area (Å²) in [5, 5.41) is 5.52. The van der Waals surface area contributed by atoms with Crippen molar-refractivity contribution in [3.8, 4) is 0 Å². The zero-order valence-electron chi connectivity index (χ0n) is 20.2. The first-order valence-electron chi connectivity index (χ1n) is 12.2. The minimum Gasteiger partial charge on any atom is -0.467 e. The highest BCUT2D eigenvalue weighted by molar-refractivity contribution is 6.04. The molecule has 1 aliphatic carbocycles. The summed E-state index contributed by atoms with van der Waals surface area (Å²) < 4.78 is 10.5. The van der Waals surface area contributed by atoms with Gasteiger partial charge in [0.15, 0.2) is 5.76 Å². The number of nitrogens with one attached hydrogen (secondary N) is 2. The Balaban J connectivity index is 1.48. The van der Waals surface area contributed by atoms with E-state index >= 15 is 0 Å². The Kier molecular flexibility index (Phi) is 7.16. The average Bonchev–Trinajstić information content (AvgIpc) is 3.72. The van der Waals surface area contributed by atoms with Crippen LogP contribution in [0.25, 0.3) is 0 Å². The molecule has 0 aliphatic heterocycles. The van der Waals surface area contributed by atoms with Gasteiger partial charge in [-0.25, -0.2) is 0 Å². The Morgan fingerprint density at radius 1 is 0.838 bits per heavy atom. The highest BCUT2D eigenvalue weighted by Crippen LogP contribution is 2.32. The molecular formula is C29H27N3O5. The molecule has 37 heavy (non-hydrogen) atoms. The highest BCUT2D eigenvalue weighted by atomic mass is 16.3. The van der Waals surface area contributed by atoms with E-state index in [-0.39, 0.29) is 24.8 Å². The zero-order valence-corrected chi connectivity index (χ0v) is 20.2. The summed E-state index contributed by atoms with van der Waals surface area (Å²) >= 11 is 0. The Labute approximate surface area is 214 Å². The molecule has 2 aromatic heterocycles. The van der Waals surface area contributed by atoms with Crippen molar-refractivity contribution in [1.29, 1.82) is 0 Å². The number of hydrogen-bond acceptors (Lipinski definition) is 5. The van der Waals surface area contributed by atoms with Crippen LogP contribution in [0, 0.1) is 0 Å². The fraction of sp³-hybridized carbons (Fsp3) is 0.207. The van der Waals surface area contributed by atoms with Gasteiger partial charge in [-0.05, 0) is 72.4 Å². The van der Waals surface area contributed by atoms with Gasteiger partial charge in [0.05, 0.1) is 25.6 Å². The molecule has 2 aromatic carbocycles. The normalized spacial score (nSPS) is 13.0. The van der Waals surface area contributed by atoms with Crippen molar-refractivity contribution in [3.05, 3.63) is 114 Å². The SMILES string of the molecule is O=C(NCC(=O)N(c1ccc2c(c1)CCC2)[C@@H](C(=O)NCc1ccco1)c1ccccc1)c1ccco1. The Bertz CT molecular complexity index is 1360. The van der Waals surface area contributed by atoms with Crippen molar-refractivity contribution in [2.45, 2.75) is 31.8 Å². The van der Waals surface area contributed by atoms with E-state index < -0.39 is 17.9 Å². The Morgan fingerprint density at radius 3 is 2.38 bits per heavy atom. The van der Waals surface area contributed by atoms with Gasteiger partial charge in [0.2, 0.25) is 11.8 Å². The van der Waals surface area contributed by atoms with Gasteiger partial charge < -0.3 is 19.5 Å². The summed E-state index contributed by atoms with van der Waals surface area (Å²) in [7, 11) is 0. The topological polar surface area (TPSA) is 105 Å². The van der Waals surface area contributed by atoms with E-state index in [0.717, 1.165) is 24.8 Å². The molecule has 3 amide bonds. The molecule has 0 radical (unpaired) electrons. The van der Waals surface area contributed by atoms with E-state index in [4.69, 9.17) is 8.83 Å². The molecule has 0 bridgehead atoms. The monoisotopic (exact) mass is 497 g/mol. The van der Waals surface area contributed by atoms with Crippen LogP contribution < -0.4 is 15.5 Å². The third-order valence-corrected chi connectivity index (χ3v) is 6.41. The number of amides is 3. The average molecular weight is 498 g/mol. The van der Waals surface area contributed by atoms with Crippen LogP contribution in [0.2, 0.25) is 0 Å². The van der Waals surface area contributed by atoms with Crippen LogP contribution in [0.1, 0.15) is 45.5 Å². The number of benzene rings is 2. The number of anilines is 1. The lowest BCUT2D eigenvalue weighted by Gasteiger charge is -2.32. The summed E-state index contributed by atoms with van der Waals surface area (Å²) in [6, 6.07) is 20.7. The van der Waals surface area contributed by atoms with Crippen molar-refractivity contribution in [3.63, 3.8) is 0 Å². The van der Waals surface area contributed by atoms with Crippen LogP contribution in [0.15, 0.2) is 94.2 Å². The third kappa shape index (κ3) is 5.48. The number of carbonyl (C=O) groups is 3. The molecule has 0 fully saturated rings. The summed E-state index contributed by atoms with van der Waals surface area (Å²) in [6.07, 6.45) is 5.90. The number of hydrogen-bond donors (Lipinski definition) is 2. The van der Waals surface area contributed by atoms with Crippen LogP contribution in [0.5, 0.6) is 0 Å². The maximum atomic E-state index is 13.8. The largest absolute Gasteiger partial charge is 0.467 e. The molecule has 1 aliphatic rings. The molecule has 0 saturated carbocycles.